The van der Waals surface area contributed by atoms with Crippen LogP contribution in [0.2, 0.25) is 0 Å². The summed E-state index contributed by atoms with van der Waals surface area (Å²) in [7, 11) is 1.29. The maximum atomic E-state index is 12.5. The number of carbonyl (C=O) groups is 4. The highest BCUT2D eigenvalue weighted by atomic mass is 16.6. The number of methoxy groups -OCH3 is 1. The van der Waals surface area contributed by atoms with Gasteiger partial charge in [-0.3, -0.25) is 15.4 Å². The Labute approximate surface area is 220 Å². The molecule has 11 nitrogen and oxygen atoms in total. The number of nitrogens with zero attached hydrogens (tertiary/aromatic N) is 1. The monoisotopic (exact) mass is 524 g/mol. The molecule has 0 fully saturated rings. The Balaban J connectivity index is 3.48. The van der Waals surface area contributed by atoms with E-state index in [-0.39, 0.29) is 30.2 Å². The van der Waals surface area contributed by atoms with Crippen molar-refractivity contribution in [2.75, 3.05) is 7.11 Å². The van der Waals surface area contributed by atoms with E-state index in [0.717, 1.165) is 12.8 Å². The summed E-state index contributed by atoms with van der Waals surface area (Å²) in [5.74, 6) is -1.21. The minimum atomic E-state index is -0.823. The lowest BCUT2D eigenvalue weighted by atomic mass is 9.82. The van der Waals surface area contributed by atoms with E-state index in [1.54, 1.807) is 47.6 Å². The van der Waals surface area contributed by atoms with Gasteiger partial charge in [0, 0.05) is 30.9 Å². The van der Waals surface area contributed by atoms with Gasteiger partial charge in [0.15, 0.2) is 0 Å². The minimum Gasteiger partial charge on any atom is -0.466 e. The second-order valence-electron chi connectivity index (χ2n) is 11.1. The zero-order valence-electron chi connectivity index (χ0n) is 23.8. The molecule has 3 atom stereocenters. The Hall–Kier alpha value is -3.11. The van der Waals surface area contributed by atoms with E-state index in [4.69, 9.17) is 14.2 Å². The summed E-state index contributed by atoms with van der Waals surface area (Å²) in [5.41, 5.74) is -1.18. The molecule has 1 aliphatic carbocycles. The number of ether oxygens (including phenoxy) is 3. The topological polar surface area (TPSA) is 144 Å². The van der Waals surface area contributed by atoms with Gasteiger partial charge in [-0.1, -0.05) is 32.8 Å². The number of amides is 3. The van der Waals surface area contributed by atoms with Crippen LogP contribution < -0.4 is 16.0 Å². The molecule has 0 aromatic rings. The minimum absolute atomic E-state index is 0.0981. The summed E-state index contributed by atoms with van der Waals surface area (Å²) < 4.78 is 15.6. The van der Waals surface area contributed by atoms with Crippen molar-refractivity contribution in [1.82, 2.24) is 16.0 Å². The lowest BCUT2D eigenvalue weighted by Crippen LogP contribution is -2.49. The molecule has 1 rings (SSSR count). The van der Waals surface area contributed by atoms with E-state index in [1.165, 1.54) is 14.0 Å². The highest BCUT2D eigenvalue weighted by molar-refractivity contribution is 6.01. The second-order valence-corrected chi connectivity index (χ2v) is 11.1. The van der Waals surface area contributed by atoms with Gasteiger partial charge >= 0.3 is 18.2 Å². The fourth-order valence-electron chi connectivity index (χ4n) is 4.15. The zero-order chi connectivity index (χ0) is 28.6. The van der Waals surface area contributed by atoms with Gasteiger partial charge in [0.2, 0.25) is 11.9 Å². The van der Waals surface area contributed by atoms with Crippen molar-refractivity contribution in [2.45, 2.75) is 105 Å². The van der Waals surface area contributed by atoms with Gasteiger partial charge in [-0.05, 0) is 47.5 Å². The second kappa shape index (κ2) is 13.4. The van der Waals surface area contributed by atoms with E-state index in [2.05, 4.69) is 20.9 Å². The first-order valence-electron chi connectivity index (χ1n) is 12.6. The fraction of sp³-hybridized carbons (Fsp3) is 0.731. The van der Waals surface area contributed by atoms with Crippen LogP contribution in [-0.4, -0.2) is 60.4 Å². The van der Waals surface area contributed by atoms with Crippen molar-refractivity contribution in [3.63, 3.8) is 0 Å². The number of guanidine groups is 1. The molecule has 11 heteroatoms. The van der Waals surface area contributed by atoms with Gasteiger partial charge in [0.05, 0.1) is 13.2 Å². The number of hydrogen-bond acceptors (Lipinski definition) is 8. The van der Waals surface area contributed by atoms with Crippen LogP contribution in [0.15, 0.2) is 16.6 Å². The first kappa shape index (κ1) is 31.9. The molecule has 0 aliphatic heterocycles. The van der Waals surface area contributed by atoms with E-state index >= 15 is 0 Å². The number of esters is 1. The average molecular weight is 525 g/mol. The van der Waals surface area contributed by atoms with Crippen molar-refractivity contribution in [1.29, 1.82) is 0 Å². The SMILES string of the molecule is CCC(CC)C(NC(C)=O)[C@@H]1C=C(C(=O)OC)C[C@H]1N=C(NC(=O)OC(C)(C)C)NC(=O)OC(C)(C)C. The maximum absolute atomic E-state index is 12.5. The third-order valence-electron chi connectivity index (χ3n) is 5.59. The molecular formula is C26H44N4O7. The molecule has 1 unspecified atom stereocenters. The van der Waals surface area contributed by atoms with Crippen LogP contribution >= 0.6 is 0 Å². The molecule has 0 aromatic carbocycles. The first-order chi connectivity index (χ1) is 17.0. The summed E-state index contributed by atoms with van der Waals surface area (Å²) in [6, 6.07) is -0.945. The normalized spacial score (nSPS) is 18.3. The van der Waals surface area contributed by atoms with Crippen molar-refractivity contribution >= 4 is 30.0 Å². The lowest BCUT2D eigenvalue weighted by Gasteiger charge is -2.33. The predicted molar refractivity (Wildman–Crippen MR) is 140 cm³/mol. The Morgan fingerprint density at radius 1 is 0.973 bits per heavy atom. The molecule has 3 N–H and O–H groups in total. The van der Waals surface area contributed by atoms with Crippen molar-refractivity contribution in [2.24, 2.45) is 16.8 Å². The number of aliphatic imine (C=N–C) groups is 1. The highest BCUT2D eigenvalue weighted by Crippen LogP contribution is 2.35. The van der Waals surface area contributed by atoms with Crippen LogP contribution in [0.4, 0.5) is 9.59 Å². The van der Waals surface area contributed by atoms with Crippen molar-refractivity contribution in [3.8, 4) is 0 Å². The Kier molecular flexibility index (Phi) is 11.6. The molecule has 0 spiro atoms. The smallest absolute Gasteiger partial charge is 0.414 e. The number of hydrogen-bond donors (Lipinski definition) is 3. The third kappa shape index (κ3) is 11.2. The molecule has 3 amide bonds. The van der Waals surface area contributed by atoms with Gasteiger partial charge in [-0.2, -0.15) is 0 Å². The third-order valence-corrected chi connectivity index (χ3v) is 5.59. The van der Waals surface area contributed by atoms with E-state index in [1.807, 2.05) is 13.8 Å². The first-order valence-corrected chi connectivity index (χ1v) is 12.6. The molecule has 37 heavy (non-hydrogen) atoms. The standard InChI is InChI=1S/C26H44N4O7/c1-11-16(12-2)20(27-15(3)31)18-13-17(21(32)35-10)14-19(18)28-22(29-23(33)36-25(4,5)6)30-24(34)37-26(7,8)9/h13,16,18-20H,11-12,14H2,1-10H3,(H,27,31)(H2,28,29,30,33,34)/t18-,19-,20?/m1/s1. The zero-order valence-corrected chi connectivity index (χ0v) is 23.8. The summed E-state index contributed by atoms with van der Waals surface area (Å²) in [6.45, 7) is 15.7. The average Bonchev–Trinajstić information content (AvgIpc) is 3.13. The molecule has 0 bridgehead atoms. The van der Waals surface area contributed by atoms with Gasteiger partial charge in [0.1, 0.15) is 11.2 Å². The van der Waals surface area contributed by atoms with Gasteiger partial charge in [0.25, 0.3) is 0 Å². The largest absolute Gasteiger partial charge is 0.466 e. The fourth-order valence-corrected chi connectivity index (χ4v) is 4.15. The van der Waals surface area contributed by atoms with E-state index in [9.17, 15) is 19.2 Å². The van der Waals surface area contributed by atoms with Gasteiger partial charge in [-0.25, -0.2) is 19.4 Å². The molecule has 210 valence electrons. The van der Waals surface area contributed by atoms with Crippen LogP contribution in [0.1, 0.15) is 81.6 Å². The molecule has 0 saturated carbocycles. The number of nitrogens with one attached hydrogen (secondary N) is 3. The van der Waals surface area contributed by atoms with Crippen molar-refractivity contribution in [3.05, 3.63) is 11.6 Å². The molecule has 0 radical (unpaired) electrons. The molecule has 1 aliphatic rings. The lowest BCUT2D eigenvalue weighted by molar-refractivity contribution is -0.136. The molecular weight excluding hydrogens is 480 g/mol. The number of alkyl carbamates (subject to hydrolysis) is 2. The van der Waals surface area contributed by atoms with Gasteiger partial charge in [-0.15, -0.1) is 0 Å². The van der Waals surface area contributed by atoms with Crippen LogP contribution in [0.25, 0.3) is 0 Å². The molecule has 0 heterocycles. The van der Waals surface area contributed by atoms with E-state index < -0.39 is 41.3 Å². The van der Waals surface area contributed by atoms with Crippen LogP contribution in [0.3, 0.4) is 0 Å². The van der Waals surface area contributed by atoms with Gasteiger partial charge < -0.3 is 19.5 Å². The summed E-state index contributed by atoms with van der Waals surface area (Å²) >= 11 is 0. The Morgan fingerprint density at radius 3 is 1.84 bits per heavy atom. The highest BCUT2D eigenvalue weighted by Gasteiger charge is 2.39. The van der Waals surface area contributed by atoms with E-state index in [0.29, 0.717) is 5.57 Å². The summed E-state index contributed by atoms with van der Waals surface area (Å²) in [6.07, 6.45) is 1.87. The Bertz CT molecular complexity index is 864. The van der Waals surface area contributed by atoms with Crippen LogP contribution in [0.5, 0.6) is 0 Å². The molecule has 0 saturated heterocycles. The molecule has 0 aromatic heterocycles. The number of carbonyl (C=O) groups excluding carboxylic acids is 4. The van der Waals surface area contributed by atoms with Crippen molar-refractivity contribution < 1.29 is 33.4 Å². The summed E-state index contributed by atoms with van der Waals surface area (Å²) in [5, 5.41) is 7.98. The Morgan fingerprint density at radius 2 is 1.46 bits per heavy atom. The maximum Gasteiger partial charge on any atom is 0.414 e. The number of rotatable bonds is 7. The summed E-state index contributed by atoms with van der Waals surface area (Å²) in [4.78, 5) is 54.2. The van der Waals surface area contributed by atoms with Crippen LogP contribution in [0, 0.1) is 11.8 Å². The predicted octanol–water partition coefficient (Wildman–Crippen LogP) is 3.82. The quantitative estimate of drug-likeness (QED) is 0.199. The van der Waals surface area contributed by atoms with Crippen LogP contribution in [-0.2, 0) is 23.8 Å².